The predicted octanol–water partition coefficient (Wildman–Crippen LogP) is 3.52. The average Bonchev–Trinajstić information content (AvgIpc) is 3.42. The largest absolute Gasteiger partial charge is 0.368 e. The van der Waals surface area contributed by atoms with Crippen molar-refractivity contribution in [3.63, 3.8) is 0 Å². The van der Waals surface area contributed by atoms with Crippen molar-refractivity contribution in [1.82, 2.24) is 14.9 Å². The maximum atomic E-state index is 11.7. The fraction of sp³-hybridized carbons (Fsp3) is 0.435. The lowest BCUT2D eigenvalue weighted by Crippen LogP contribution is -2.44. The van der Waals surface area contributed by atoms with E-state index in [1.165, 1.54) is 16.5 Å². The predicted molar refractivity (Wildman–Crippen MR) is 122 cm³/mol. The molecule has 2 aromatic heterocycles. The molecule has 30 heavy (non-hydrogen) atoms. The van der Waals surface area contributed by atoms with Gasteiger partial charge in [-0.05, 0) is 43.7 Å². The van der Waals surface area contributed by atoms with Gasteiger partial charge in [0.1, 0.15) is 17.0 Å². The van der Waals surface area contributed by atoms with Gasteiger partial charge >= 0.3 is 0 Å². The monoisotopic (exact) mass is 421 g/mol. The average molecular weight is 422 g/mol. The summed E-state index contributed by atoms with van der Waals surface area (Å²) >= 11 is 1.68. The smallest absolute Gasteiger partial charge is 0.234 e. The number of fused-ring (bicyclic) bond motifs is 1. The lowest BCUT2D eigenvalue weighted by molar-refractivity contribution is -0.122. The third-order valence-corrected chi connectivity index (χ3v) is 7.42. The number of hydrogen-bond acceptors (Lipinski definition) is 6. The van der Waals surface area contributed by atoms with Crippen LogP contribution in [-0.4, -0.2) is 53.0 Å². The Morgan fingerprint density at radius 3 is 2.67 bits per heavy atom. The van der Waals surface area contributed by atoms with Crippen LogP contribution in [0.3, 0.4) is 0 Å². The van der Waals surface area contributed by atoms with Gasteiger partial charge in [-0.15, -0.1) is 11.3 Å². The van der Waals surface area contributed by atoms with E-state index in [4.69, 9.17) is 10.7 Å². The van der Waals surface area contributed by atoms with Gasteiger partial charge in [0.15, 0.2) is 0 Å². The molecule has 1 amide bonds. The Kier molecular flexibility index (Phi) is 5.39. The highest BCUT2D eigenvalue weighted by atomic mass is 32.1. The maximum Gasteiger partial charge on any atom is 0.234 e. The second kappa shape index (κ2) is 8.32. The first-order valence-corrected chi connectivity index (χ1v) is 11.6. The first kappa shape index (κ1) is 19.5. The Hall–Kier alpha value is -2.51. The molecule has 156 valence electrons. The van der Waals surface area contributed by atoms with Crippen LogP contribution in [0.4, 0.5) is 5.82 Å². The van der Waals surface area contributed by atoms with Gasteiger partial charge in [-0.25, -0.2) is 9.97 Å². The number of carbonyl (C=O) groups excluding carboxylic acids is 1. The van der Waals surface area contributed by atoms with E-state index < -0.39 is 0 Å². The first-order valence-electron chi connectivity index (χ1n) is 10.8. The molecule has 0 aliphatic carbocycles. The maximum absolute atomic E-state index is 11.7. The lowest BCUT2D eigenvalue weighted by atomic mass is 9.95. The molecule has 1 unspecified atom stereocenters. The Morgan fingerprint density at radius 1 is 1.10 bits per heavy atom. The van der Waals surface area contributed by atoms with Gasteiger partial charge < -0.3 is 10.6 Å². The van der Waals surface area contributed by atoms with Crippen molar-refractivity contribution in [3.05, 3.63) is 42.0 Å². The summed E-state index contributed by atoms with van der Waals surface area (Å²) in [6.07, 6.45) is 5.90. The quantitative estimate of drug-likeness (QED) is 0.682. The number of primary amides is 1. The summed E-state index contributed by atoms with van der Waals surface area (Å²) in [6.45, 7) is 3.94. The molecular weight excluding hydrogens is 394 g/mol. The molecule has 4 heterocycles. The number of thiophene rings is 1. The van der Waals surface area contributed by atoms with E-state index in [-0.39, 0.29) is 11.9 Å². The van der Waals surface area contributed by atoms with Crippen molar-refractivity contribution in [2.24, 2.45) is 11.7 Å². The van der Waals surface area contributed by atoms with Gasteiger partial charge in [0.2, 0.25) is 5.91 Å². The molecule has 3 aromatic rings. The topological polar surface area (TPSA) is 75.4 Å². The van der Waals surface area contributed by atoms with Gasteiger partial charge in [0.25, 0.3) is 0 Å². The molecule has 1 atom stereocenters. The highest BCUT2D eigenvalue weighted by Crippen LogP contribution is 2.38. The molecule has 2 aliphatic rings. The van der Waals surface area contributed by atoms with Crippen molar-refractivity contribution in [2.45, 2.75) is 31.7 Å². The van der Waals surface area contributed by atoms with E-state index in [1.54, 1.807) is 17.7 Å². The van der Waals surface area contributed by atoms with E-state index in [9.17, 15) is 4.79 Å². The Bertz CT molecular complexity index is 1030. The van der Waals surface area contributed by atoms with Crippen LogP contribution in [0, 0.1) is 5.92 Å². The summed E-state index contributed by atoms with van der Waals surface area (Å²) in [4.78, 5) is 26.7. The third kappa shape index (κ3) is 3.68. The summed E-state index contributed by atoms with van der Waals surface area (Å²) in [5, 5.41) is 3.36. The molecule has 2 saturated heterocycles. The van der Waals surface area contributed by atoms with Gasteiger partial charge in [0.05, 0.1) is 11.4 Å². The van der Waals surface area contributed by atoms with E-state index in [0.29, 0.717) is 5.92 Å². The molecule has 7 heteroatoms. The zero-order chi connectivity index (χ0) is 20.5. The van der Waals surface area contributed by atoms with Crippen LogP contribution in [0.25, 0.3) is 21.3 Å². The highest BCUT2D eigenvalue weighted by molar-refractivity contribution is 7.17. The summed E-state index contributed by atoms with van der Waals surface area (Å²) < 4.78 is 0. The zero-order valence-corrected chi connectivity index (χ0v) is 17.9. The number of piperidine rings is 1. The molecular formula is C23H27N5OS. The van der Waals surface area contributed by atoms with Crippen molar-refractivity contribution < 1.29 is 4.79 Å². The van der Waals surface area contributed by atoms with E-state index in [1.807, 2.05) is 6.07 Å². The molecule has 2 aliphatic heterocycles. The van der Waals surface area contributed by atoms with Crippen LogP contribution in [0.5, 0.6) is 0 Å². The summed E-state index contributed by atoms with van der Waals surface area (Å²) in [7, 11) is 0. The van der Waals surface area contributed by atoms with Crippen molar-refractivity contribution in [1.29, 1.82) is 0 Å². The summed E-state index contributed by atoms with van der Waals surface area (Å²) in [5.74, 6) is 1.49. The van der Waals surface area contributed by atoms with Crippen LogP contribution in [0.2, 0.25) is 0 Å². The van der Waals surface area contributed by atoms with Gasteiger partial charge in [0, 0.05) is 30.6 Å². The second-order valence-electron chi connectivity index (χ2n) is 8.38. The van der Waals surface area contributed by atoms with Crippen molar-refractivity contribution in [3.8, 4) is 11.1 Å². The molecule has 5 rings (SSSR count). The van der Waals surface area contributed by atoms with E-state index in [2.05, 4.69) is 44.4 Å². The van der Waals surface area contributed by atoms with Crippen LogP contribution in [0.15, 0.2) is 42.0 Å². The molecule has 6 nitrogen and oxygen atoms in total. The Labute approximate surface area is 180 Å². The Morgan fingerprint density at radius 2 is 1.90 bits per heavy atom. The molecule has 0 saturated carbocycles. The van der Waals surface area contributed by atoms with Crippen LogP contribution in [0.1, 0.15) is 25.7 Å². The fourth-order valence-corrected chi connectivity index (χ4v) is 5.87. The van der Waals surface area contributed by atoms with Crippen LogP contribution < -0.4 is 10.6 Å². The minimum absolute atomic E-state index is 0.0660. The number of carbonyl (C=O) groups is 1. The molecule has 0 spiro atoms. The molecule has 2 N–H and O–H groups in total. The number of likely N-dealkylation sites (tertiary alicyclic amines) is 1. The third-order valence-electron chi connectivity index (χ3n) is 6.53. The number of hydrogen-bond donors (Lipinski definition) is 1. The van der Waals surface area contributed by atoms with Gasteiger partial charge in [-0.2, -0.15) is 0 Å². The van der Waals surface area contributed by atoms with Crippen molar-refractivity contribution >= 4 is 33.3 Å². The Balaban J connectivity index is 1.33. The lowest BCUT2D eigenvalue weighted by Gasteiger charge is -2.35. The minimum atomic E-state index is -0.167. The molecule has 0 bridgehead atoms. The number of rotatable bonds is 5. The fourth-order valence-electron chi connectivity index (χ4n) is 4.96. The second-order valence-corrected chi connectivity index (χ2v) is 9.24. The van der Waals surface area contributed by atoms with Crippen LogP contribution in [-0.2, 0) is 4.79 Å². The SMILES string of the molecule is NC(=O)C1CCCN1CC1CCN(c2ncnc3scc(-c4ccccc4)c23)CC1. The summed E-state index contributed by atoms with van der Waals surface area (Å²) in [5.41, 5.74) is 8.02. The first-order chi connectivity index (χ1) is 14.7. The number of nitrogens with two attached hydrogens (primary N) is 1. The minimum Gasteiger partial charge on any atom is -0.368 e. The number of amides is 1. The molecule has 0 radical (unpaired) electrons. The number of aromatic nitrogens is 2. The number of nitrogens with zero attached hydrogens (tertiary/aromatic N) is 4. The van der Waals surface area contributed by atoms with Crippen LogP contribution >= 0.6 is 11.3 Å². The van der Waals surface area contributed by atoms with Gasteiger partial charge in [-0.1, -0.05) is 30.3 Å². The zero-order valence-electron chi connectivity index (χ0n) is 17.0. The molecule has 1 aromatic carbocycles. The number of benzene rings is 1. The molecule has 2 fully saturated rings. The highest BCUT2D eigenvalue weighted by Gasteiger charge is 2.32. The normalized spacial score (nSPS) is 20.8. The van der Waals surface area contributed by atoms with E-state index >= 15 is 0 Å². The number of anilines is 1. The summed E-state index contributed by atoms with van der Waals surface area (Å²) in [6, 6.07) is 10.4. The van der Waals surface area contributed by atoms with E-state index in [0.717, 1.165) is 62.5 Å². The standard InChI is InChI=1S/C23H27N5OS/c24-21(29)19-7-4-10-28(19)13-16-8-11-27(12-9-16)22-20-18(17-5-2-1-3-6-17)14-30-23(20)26-15-25-22/h1-3,5-6,14-16,19H,4,7-13H2,(H2,24,29). The van der Waals surface area contributed by atoms with Crippen molar-refractivity contribution in [2.75, 3.05) is 31.1 Å². The van der Waals surface area contributed by atoms with Gasteiger partial charge in [-0.3, -0.25) is 9.69 Å².